The molecule has 0 unspecified atom stereocenters. The van der Waals surface area contributed by atoms with Gasteiger partial charge in [-0.3, -0.25) is 0 Å². The van der Waals surface area contributed by atoms with Gasteiger partial charge in [0.05, 0.1) is 21.2 Å². The third-order valence-corrected chi connectivity index (χ3v) is 4.92. The van der Waals surface area contributed by atoms with Crippen LogP contribution < -0.4 is 0 Å². The fraction of sp³-hybridized carbons (Fsp3) is 0.0714. The van der Waals surface area contributed by atoms with Gasteiger partial charge in [-0.05, 0) is 35.9 Å². The fourth-order valence-electron chi connectivity index (χ4n) is 1.80. The van der Waals surface area contributed by atoms with Crippen molar-refractivity contribution in [2.24, 2.45) is 0 Å². The van der Waals surface area contributed by atoms with Crippen LogP contribution in [0.15, 0.2) is 47.4 Å². The van der Waals surface area contributed by atoms with Gasteiger partial charge in [0, 0.05) is 0 Å². The van der Waals surface area contributed by atoms with Crippen molar-refractivity contribution in [3.8, 4) is 0 Å². The lowest BCUT2D eigenvalue weighted by Gasteiger charge is -2.08. The Labute approximate surface area is 125 Å². The maximum atomic E-state index is 13.1. The zero-order valence-corrected chi connectivity index (χ0v) is 12.2. The van der Waals surface area contributed by atoms with E-state index in [0.717, 1.165) is 12.1 Å². The molecule has 110 valence electrons. The second-order valence-corrected chi connectivity index (χ2v) is 6.70. The summed E-state index contributed by atoms with van der Waals surface area (Å²) < 4.78 is 37.7. The van der Waals surface area contributed by atoms with Gasteiger partial charge in [0.25, 0.3) is 0 Å². The van der Waals surface area contributed by atoms with Crippen molar-refractivity contribution < 1.29 is 22.7 Å². The Morgan fingerprint density at radius 3 is 2.52 bits per heavy atom. The van der Waals surface area contributed by atoms with Gasteiger partial charge in [0.1, 0.15) is 5.82 Å². The normalized spacial score (nSPS) is 11.3. The molecule has 0 aliphatic heterocycles. The fourth-order valence-corrected chi connectivity index (χ4v) is 3.71. The average molecular weight is 329 g/mol. The van der Waals surface area contributed by atoms with E-state index in [0.29, 0.717) is 0 Å². The van der Waals surface area contributed by atoms with Crippen molar-refractivity contribution in [3.63, 3.8) is 0 Å². The first-order valence-corrected chi connectivity index (χ1v) is 7.83. The first-order chi connectivity index (χ1) is 9.79. The molecule has 0 atom stereocenters. The minimum absolute atomic E-state index is 0.0728. The Bertz CT molecular complexity index is 802. The van der Waals surface area contributed by atoms with Crippen molar-refractivity contribution >= 4 is 27.4 Å². The number of hydrogen-bond donors (Lipinski definition) is 1. The summed E-state index contributed by atoms with van der Waals surface area (Å²) in [5.74, 6) is -2.27. The Kier molecular flexibility index (Phi) is 4.29. The molecule has 2 aromatic carbocycles. The van der Waals surface area contributed by atoms with Crippen LogP contribution in [0.4, 0.5) is 4.39 Å². The summed E-state index contributed by atoms with van der Waals surface area (Å²) in [5.41, 5.74) is 0.0732. The molecule has 0 saturated heterocycles. The third-order valence-electron chi connectivity index (χ3n) is 2.76. The summed E-state index contributed by atoms with van der Waals surface area (Å²) >= 11 is 5.84. The Morgan fingerprint density at radius 2 is 1.90 bits per heavy atom. The van der Waals surface area contributed by atoms with Gasteiger partial charge in [-0.15, -0.1) is 0 Å². The second kappa shape index (κ2) is 5.83. The van der Waals surface area contributed by atoms with E-state index in [9.17, 15) is 17.6 Å². The van der Waals surface area contributed by atoms with Gasteiger partial charge in [-0.2, -0.15) is 0 Å². The summed E-state index contributed by atoms with van der Waals surface area (Å²) in [7, 11) is -3.88. The van der Waals surface area contributed by atoms with E-state index in [2.05, 4.69) is 0 Å². The zero-order valence-electron chi connectivity index (χ0n) is 10.6. The van der Waals surface area contributed by atoms with Gasteiger partial charge in [-0.1, -0.05) is 23.7 Å². The largest absolute Gasteiger partial charge is 0.478 e. The highest BCUT2D eigenvalue weighted by molar-refractivity contribution is 7.90. The number of carboxylic acids is 1. The number of aromatic carboxylic acids is 1. The molecule has 0 bridgehead atoms. The molecule has 4 nitrogen and oxygen atoms in total. The predicted molar refractivity (Wildman–Crippen MR) is 75.7 cm³/mol. The SMILES string of the molecule is O=C(O)c1ccc(Cl)c(S(=O)(=O)Cc2cccc(F)c2)c1. The van der Waals surface area contributed by atoms with Gasteiger partial charge in [0.2, 0.25) is 0 Å². The number of sulfone groups is 1. The third kappa shape index (κ3) is 3.59. The number of halogens is 2. The highest BCUT2D eigenvalue weighted by Crippen LogP contribution is 2.26. The van der Waals surface area contributed by atoms with E-state index in [-0.39, 0.29) is 21.0 Å². The van der Waals surface area contributed by atoms with E-state index < -0.39 is 27.4 Å². The Balaban J connectivity index is 2.44. The zero-order chi connectivity index (χ0) is 15.6. The molecule has 1 N–H and O–H groups in total. The number of carboxylic acid groups (broad SMARTS) is 1. The van der Waals surface area contributed by atoms with Gasteiger partial charge in [0.15, 0.2) is 9.84 Å². The quantitative estimate of drug-likeness (QED) is 0.935. The lowest BCUT2D eigenvalue weighted by molar-refractivity contribution is 0.0696. The van der Waals surface area contributed by atoms with E-state index >= 15 is 0 Å². The lowest BCUT2D eigenvalue weighted by atomic mass is 10.2. The molecule has 0 radical (unpaired) electrons. The van der Waals surface area contributed by atoms with Gasteiger partial charge in [-0.25, -0.2) is 17.6 Å². The molecule has 0 aliphatic rings. The van der Waals surface area contributed by atoms with Gasteiger partial charge < -0.3 is 5.11 Å². The van der Waals surface area contributed by atoms with Crippen LogP contribution in [-0.4, -0.2) is 19.5 Å². The maximum Gasteiger partial charge on any atom is 0.335 e. The Morgan fingerprint density at radius 1 is 1.19 bits per heavy atom. The number of hydrogen-bond acceptors (Lipinski definition) is 3. The van der Waals surface area contributed by atoms with E-state index in [1.807, 2.05) is 0 Å². The van der Waals surface area contributed by atoms with Crippen LogP contribution in [0.2, 0.25) is 5.02 Å². The van der Waals surface area contributed by atoms with Crippen molar-refractivity contribution in [2.45, 2.75) is 10.6 Å². The summed E-state index contributed by atoms with van der Waals surface area (Å²) in [4.78, 5) is 10.6. The van der Waals surface area contributed by atoms with Crippen molar-refractivity contribution in [2.75, 3.05) is 0 Å². The van der Waals surface area contributed by atoms with Crippen molar-refractivity contribution in [1.82, 2.24) is 0 Å². The van der Waals surface area contributed by atoms with Crippen LogP contribution in [0, 0.1) is 5.82 Å². The molecule has 0 saturated carbocycles. The van der Waals surface area contributed by atoms with Crippen LogP contribution in [0.25, 0.3) is 0 Å². The summed E-state index contributed by atoms with van der Waals surface area (Å²) in [6.45, 7) is 0. The molecular weight excluding hydrogens is 319 g/mol. The van der Waals surface area contributed by atoms with Crippen LogP contribution in [-0.2, 0) is 15.6 Å². The first-order valence-electron chi connectivity index (χ1n) is 5.79. The minimum atomic E-state index is -3.88. The smallest absolute Gasteiger partial charge is 0.335 e. The monoisotopic (exact) mass is 328 g/mol. The molecule has 7 heteroatoms. The summed E-state index contributed by atoms with van der Waals surface area (Å²) in [5, 5.41) is 8.83. The van der Waals surface area contributed by atoms with Crippen LogP contribution in [0.1, 0.15) is 15.9 Å². The Hall–Kier alpha value is -1.92. The number of carbonyl (C=O) groups is 1. The van der Waals surface area contributed by atoms with Crippen LogP contribution in [0.3, 0.4) is 0 Å². The standard InChI is InChI=1S/C14H10ClFO4S/c15-12-5-4-10(14(17)18)7-13(12)21(19,20)8-9-2-1-3-11(16)6-9/h1-7H,8H2,(H,17,18). The number of rotatable bonds is 4. The molecule has 2 aromatic rings. The minimum Gasteiger partial charge on any atom is -0.478 e. The molecule has 0 spiro atoms. The molecule has 0 aromatic heterocycles. The first kappa shape index (κ1) is 15.5. The van der Waals surface area contributed by atoms with E-state index in [4.69, 9.17) is 16.7 Å². The molecule has 0 amide bonds. The molecule has 0 aliphatic carbocycles. The summed E-state index contributed by atoms with van der Waals surface area (Å²) in [6.07, 6.45) is 0. The maximum absolute atomic E-state index is 13.1. The molecule has 0 fully saturated rings. The van der Waals surface area contributed by atoms with Crippen LogP contribution >= 0.6 is 11.6 Å². The highest BCUT2D eigenvalue weighted by atomic mass is 35.5. The van der Waals surface area contributed by atoms with Gasteiger partial charge >= 0.3 is 5.97 Å². The topological polar surface area (TPSA) is 71.4 Å². The highest BCUT2D eigenvalue weighted by Gasteiger charge is 2.21. The number of benzene rings is 2. The van der Waals surface area contributed by atoms with Crippen LogP contribution in [0.5, 0.6) is 0 Å². The van der Waals surface area contributed by atoms with Crippen molar-refractivity contribution in [1.29, 1.82) is 0 Å². The molecular formula is C14H10ClFO4S. The van der Waals surface area contributed by atoms with Crippen molar-refractivity contribution in [3.05, 3.63) is 64.4 Å². The molecule has 21 heavy (non-hydrogen) atoms. The van der Waals surface area contributed by atoms with E-state index in [1.165, 1.54) is 30.3 Å². The van der Waals surface area contributed by atoms with E-state index in [1.54, 1.807) is 0 Å². The molecule has 2 rings (SSSR count). The average Bonchev–Trinajstić information content (AvgIpc) is 2.38. The lowest BCUT2D eigenvalue weighted by Crippen LogP contribution is -2.08. The predicted octanol–water partition coefficient (Wildman–Crippen LogP) is 3.15. The molecule has 0 heterocycles. The second-order valence-electron chi connectivity index (χ2n) is 4.34. The summed E-state index contributed by atoms with van der Waals surface area (Å²) in [6, 6.07) is 8.60.